The molecule has 0 unspecified atom stereocenters. The number of nitrogens with one attached hydrogen (secondary N) is 1. The summed E-state index contributed by atoms with van der Waals surface area (Å²) in [5, 5.41) is 3.16. The minimum Gasteiger partial charge on any atom is -0.423 e. The van der Waals surface area contributed by atoms with E-state index < -0.39 is 29.1 Å². The number of Topliss-reactive ketones (excluding diaryl/α,β-unsaturated/α-hetero) is 2. The molecule has 0 spiro atoms. The lowest BCUT2D eigenvalue weighted by molar-refractivity contribution is 0.0734. The topological polar surface area (TPSA) is 120 Å². The van der Waals surface area contributed by atoms with Gasteiger partial charge in [0, 0.05) is 29.1 Å². The van der Waals surface area contributed by atoms with E-state index in [1.807, 2.05) is 30.3 Å². The first-order valence-electron chi connectivity index (χ1n) is 12.3. The molecule has 1 amide bonds. The molecule has 1 aromatic heterocycles. The van der Waals surface area contributed by atoms with Crippen LogP contribution in [-0.4, -0.2) is 23.4 Å². The number of ether oxygens (including phenoxy) is 1. The second-order valence-electron chi connectivity index (χ2n) is 8.81. The van der Waals surface area contributed by atoms with E-state index >= 15 is 0 Å². The quantitative estimate of drug-likeness (QED) is 0.0983. The Morgan fingerprint density at radius 1 is 0.675 bits per heavy atom. The van der Waals surface area contributed by atoms with Crippen LogP contribution in [0.4, 0.5) is 0 Å². The van der Waals surface area contributed by atoms with Gasteiger partial charge in [-0.15, -0.1) is 0 Å². The Bertz CT molecular complexity index is 1790. The van der Waals surface area contributed by atoms with Crippen LogP contribution in [0, 0.1) is 0 Å². The standard InChI is InChI=1S/C32H21NO7/c34-28(21-9-5-2-6-10-21)29(35)22-11-13-23(14-12-22)31(37)39-25-16-15-24-17-26(32(38)40-27(24)18-25)30(36)33-19-20-7-3-1-4-8-20/h1-18H,19H2,(H,33,36). The predicted octanol–water partition coefficient (Wildman–Crippen LogP) is 5.01. The SMILES string of the molecule is O=C(Oc1ccc2cc(C(=O)NCc3ccccc3)c(=O)oc2c1)c1ccc(C(=O)C(=O)c2ccccc2)cc1. The van der Waals surface area contributed by atoms with Gasteiger partial charge >= 0.3 is 11.6 Å². The summed E-state index contributed by atoms with van der Waals surface area (Å²) in [6.45, 7) is 0.254. The smallest absolute Gasteiger partial charge is 0.349 e. The van der Waals surface area contributed by atoms with Gasteiger partial charge in [0.15, 0.2) is 0 Å². The number of hydrogen-bond acceptors (Lipinski definition) is 7. The lowest BCUT2D eigenvalue weighted by Crippen LogP contribution is -2.27. The molecule has 0 bridgehead atoms. The Kier molecular flexibility index (Phi) is 7.41. The van der Waals surface area contributed by atoms with E-state index in [-0.39, 0.29) is 40.1 Å². The van der Waals surface area contributed by atoms with Crippen molar-refractivity contribution in [3.8, 4) is 5.75 Å². The van der Waals surface area contributed by atoms with Crippen LogP contribution in [0.3, 0.4) is 0 Å². The summed E-state index contributed by atoms with van der Waals surface area (Å²) in [5.41, 5.74) is 0.612. The zero-order valence-electron chi connectivity index (χ0n) is 21.0. The highest BCUT2D eigenvalue weighted by atomic mass is 16.5. The highest BCUT2D eigenvalue weighted by Crippen LogP contribution is 2.22. The van der Waals surface area contributed by atoms with Crippen molar-refractivity contribution >= 4 is 34.4 Å². The van der Waals surface area contributed by atoms with Gasteiger partial charge in [0.2, 0.25) is 11.6 Å². The van der Waals surface area contributed by atoms with Gasteiger partial charge in [0.1, 0.15) is 16.9 Å². The molecule has 1 N–H and O–H groups in total. The van der Waals surface area contributed by atoms with Crippen molar-refractivity contribution in [3.63, 3.8) is 0 Å². The van der Waals surface area contributed by atoms with Crippen LogP contribution in [0.5, 0.6) is 5.75 Å². The number of benzene rings is 4. The fourth-order valence-electron chi connectivity index (χ4n) is 3.96. The van der Waals surface area contributed by atoms with Gasteiger partial charge in [-0.1, -0.05) is 72.8 Å². The second kappa shape index (κ2) is 11.4. The first kappa shape index (κ1) is 26.0. The molecule has 0 saturated heterocycles. The summed E-state index contributed by atoms with van der Waals surface area (Å²) < 4.78 is 10.7. The van der Waals surface area contributed by atoms with Crippen molar-refractivity contribution in [1.82, 2.24) is 5.32 Å². The van der Waals surface area contributed by atoms with E-state index in [4.69, 9.17) is 9.15 Å². The van der Waals surface area contributed by atoms with Gasteiger partial charge in [-0.2, -0.15) is 0 Å². The Labute approximate surface area is 227 Å². The van der Waals surface area contributed by atoms with Crippen LogP contribution < -0.4 is 15.7 Å². The number of rotatable bonds is 8. The van der Waals surface area contributed by atoms with Crippen molar-refractivity contribution in [1.29, 1.82) is 0 Å². The maximum absolute atomic E-state index is 12.7. The minimum atomic E-state index is -0.827. The number of fused-ring (bicyclic) bond motifs is 1. The Morgan fingerprint density at radius 2 is 1.27 bits per heavy atom. The van der Waals surface area contributed by atoms with Gasteiger partial charge in [0.25, 0.3) is 5.91 Å². The van der Waals surface area contributed by atoms with Crippen molar-refractivity contribution < 1.29 is 28.3 Å². The molecule has 0 aliphatic carbocycles. The lowest BCUT2D eigenvalue weighted by Gasteiger charge is -2.08. The molecule has 196 valence electrons. The van der Waals surface area contributed by atoms with Crippen molar-refractivity contribution in [2.24, 2.45) is 0 Å². The van der Waals surface area contributed by atoms with Gasteiger partial charge in [-0.25, -0.2) is 9.59 Å². The molecular weight excluding hydrogens is 510 g/mol. The molecule has 8 nitrogen and oxygen atoms in total. The normalized spacial score (nSPS) is 10.6. The van der Waals surface area contributed by atoms with E-state index in [2.05, 4.69) is 5.32 Å². The molecule has 4 aromatic carbocycles. The summed E-state index contributed by atoms with van der Waals surface area (Å²) in [5.74, 6) is -2.51. The Balaban J connectivity index is 1.26. The molecule has 0 radical (unpaired) electrons. The van der Waals surface area contributed by atoms with Gasteiger partial charge in [-0.05, 0) is 35.9 Å². The van der Waals surface area contributed by atoms with Gasteiger partial charge in [0.05, 0.1) is 5.56 Å². The van der Waals surface area contributed by atoms with E-state index in [9.17, 15) is 24.0 Å². The summed E-state index contributed by atoms with van der Waals surface area (Å²) in [6.07, 6.45) is 0. The number of amides is 1. The summed E-state index contributed by atoms with van der Waals surface area (Å²) in [4.78, 5) is 62.6. The third-order valence-corrected chi connectivity index (χ3v) is 6.08. The van der Waals surface area contributed by atoms with E-state index in [0.29, 0.717) is 5.39 Å². The zero-order chi connectivity index (χ0) is 28.1. The minimum absolute atomic E-state index is 0.112. The van der Waals surface area contributed by atoms with Crippen molar-refractivity contribution in [3.05, 3.63) is 147 Å². The molecule has 5 rings (SSSR count). The summed E-state index contributed by atoms with van der Waals surface area (Å²) >= 11 is 0. The molecule has 5 aromatic rings. The molecule has 0 aliphatic heterocycles. The zero-order valence-corrected chi connectivity index (χ0v) is 21.0. The van der Waals surface area contributed by atoms with E-state index in [1.165, 1.54) is 42.5 Å². The number of esters is 1. The molecule has 0 fully saturated rings. The fraction of sp³-hybridized carbons (Fsp3) is 0.0312. The molecule has 0 atom stereocenters. The number of ketones is 2. The monoisotopic (exact) mass is 531 g/mol. The summed E-state index contributed by atoms with van der Waals surface area (Å²) in [7, 11) is 0. The van der Waals surface area contributed by atoms with Crippen LogP contribution >= 0.6 is 0 Å². The molecule has 0 saturated carbocycles. The average Bonchev–Trinajstić information content (AvgIpc) is 2.99. The summed E-state index contributed by atoms with van der Waals surface area (Å²) in [6, 6.07) is 28.8. The number of hydrogen-bond donors (Lipinski definition) is 1. The van der Waals surface area contributed by atoms with Crippen molar-refractivity contribution in [2.45, 2.75) is 6.54 Å². The first-order chi connectivity index (χ1) is 19.4. The predicted molar refractivity (Wildman–Crippen MR) is 147 cm³/mol. The molecule has 1 heterocycles. The van der Waals surface area contributed by atoms with Gasteiger partial charge < -0.3 is 14.5 Å². The van der Waals surface area contributed by atoms with Crippen LogP contribution in [-0.2, 0) is 6.54 Å². The van der Waals surface area contributed by atoms with E-state index in [1.54, 1.807) is 36.4 Å². The number of carbonyl (C=O) groups is 4. The second-order valence-corrected chi connectivity index (χ2v) is 8.81. The van der Waals surface area contributed by atoms with Crippen LogP contribution in [0.1, 0.15) is 47.0 Å². The van der Waals surface area contributed by atoms with Crippen LogP contribution in [0.15, 0.2) is 118 Å². The first-order valence-corrected chi connectivity index (χ1v) is 12.3. The molecule has 8 heteroatoms. The largest absolute Gasteiger partial charge is 0.423 e. The third-order valence-electron chi connectivity index (χ3n) is 6.08. The molecular formula is C32H21NO7. The Hall–Kier alpha value is -5.63. The van der Waals surface area contributed by atoms with E-state index in [0.717, 1.165) is 5.56 Å². The third kappa shape index (κ3) is 5.76. The van der Waals surface area contributed by atoms with Crippen molar-refractivity contribution in [2.75, 3.05) is 0 Å². The Morgan fingerprint density at radius 3 is 1.95 bits per heavy atom. The maximum atomic E-state index is 12.7. The number of carbonyl (C=O) groups excluding carboxylic acids is 4. The lowest BCUT2D eigenvalue weighted by atomic mass is 10.0. The highest BCUT2D eigenvalue weighted by molar-refractivity contribution is 6.49. The van der Waals surface area contributed by atoms with Gasteiger partial charge in [-0.3, -0.25) is 14.4 Å². The highest BCUT2D eigenvalue weighted by Gasteiger charge is 2.19. The molecule has 0 aliphatic rings. The maximum Gasteiger partial charge on any atom is 0.349 e. The molecule has 40 heavy (non-hydrogen) atoms. The van der Waals surface area contributed by atoms with Crippen LogP contribution in [0.2, 0.25) is 0 Å². The average molecular weight is 532 g/mol. The van der Waals surface area contributed by atoms with Crippen LogP contribution in [0.25, 0.3) is 11.0 Å². The fourth-order valence-corrected chi connectivity index (χ4v) is 3.96.